The van der Waals surface area contributed by atoms with E-state index in [1.165, 1.54) is 18.7 Å². The molecule has 0 fully saturated rings. The van der Waals surface area contributed by atoms with Gasteiger partial charge in [0.05, 0.1) is 11.8 Å². The number of amides is 1. The van der Waals surface area contributed by atoms with Crippen molar-refractivity contribution in [3.05, 3.63) is 72.3 Å². The van der Waals surface area contributed by atoms with Crippen LogP contribution in [0.3, 0.4) is 0 Å². The largest absolute Gasteiger partial charge is 0.441 e. The molecule has 0 radical (unpaired) electrons. The fraction of sp³-hybridized carbons (Fsp3) is 0.280. The molecule has 0 aliphatic carbocycles. The van der Waals surface area contributed by atoms with Gasteiger partial charge in [-0.1, -0.05) is 18.6 Å². The zero-order valence-electron chi connectivity index (χ0n) is 18.1. The number of fused-ring (bicyclic) bond motifs is 1. The molecule has 5 rings (SSSR count). The van der Waals surface area contributed by atoms with E-state index in [1.807, 2.05) is 24.3 Å². The first kappa shape index (κ1) is 21.1. The summed E-state index contributed by atoms with van der Waals surface area (Å²) in [5.74, 6) is 2.15. The molecule has 1 aliphatic rings. The fourth-order valence-electron chi connectivity index (χ4n) is 4.06. The first-order valence-electron chi connectivity index (χ1n) is 11.2. The molecule has 7 nitrogen and oxygen atoms in total. The second-order valence-corrected chi connectivity index (χ2v) is 8.13. The Labute approximate surface area is 190 Å². The highest BCUT2D eigenvalue weighted by Crippen LogP contribution is 2.25. The minimum absolute atomic E-state index is 0.148. The highest BCUT2D eigenvalue weighted by molar-refractivity contribution is 5.91. The van der Waals surface area contributed by atoms with Crippen molar-refractivity contribution in [2.45, 2.75) is 45.1 Å². The quantitative estimate of drug-likeness (QED) is 0.450. The average molecular weight is 445 g/mol. The maximum atomic E-state index is 13.9. The Kier molecular flexibility index (Phi) is 5.97. The normalized spacial score (nSPS) is 13.4. The van der Waals surface area contributed by atoms with Gasteiger partial charge >= 0.3 is 0 Å². The van der Waals surface area contributed by atoms with Gasteiger partial charge in [0, 0.05) is 37.1 Å². The lowest BCUT2D eigenvalue weighted by Gasteiger charge is -2.08. The number of aromatic nitrogens is 4. The molecule has 1 N–H and O–H groups in total. The maximum absolute atomic E-state index is 13.9. The van der Waals surface area contributed by atoms with Crippen molar-refractivity contribution >= 4 is 11.6 Å². The topological polar surface area (TPSA) is 85.8 Å². The summed E-state index contributed by atoms with van der Waals surface area (Å²) >= 11 is 0. The van der Waals surface area contributed by atoms with Crippen LogP contribution in [0.5, 0.6) is 0 Å². The number of hydrogen-bond acceptors (Lipinski definition) is 5. The standard InChI is InChI=1S/C25H24FN5O2/c26-20-7-4-3-6-19(20)21-16-27-24(33-21)14-13-23(32)28-18-11-9-17(10-12-18)25-30-29-22-8-2-1-5-15-31(22)25/h3-4,6-7,9-12,16H,1-2,5,8,13-15H2,(H,28,32). The van der Waals surface area contributed by atoms with Crippen LogP contribution in [0.15, 0.2) is 59.1 Å². The minimum Gasteiger partial charge on any atom is -0.441 e. The first-order valence-corrected chi connectivity index (χ1v) is 11.2. The van der Waals surface area contributed by atoms with E-state index in [2.05, 4.69) is 25.1 Å². The Morgan fingerprint density at radius 1 is 1.06 bits per heavy atom. The molecule has 0 spiro atoms. The van der Waals surface area contributed by atoms with Crippen LogP contribution in [0.2, 0.25) is 0 Å². The van der Waals surface area contributed by atoms with Gasteiger partial charge in [-0.15, -0.1) is 10.2 Å². The van der Waals surface area contributed by atoms with Gasteiger partial charge < -0.3 is 14.3 Å². The number of nitrogens with zero attached hydrogens (tertiary/aromatic N) is 4. The number of anilines is 1. The van der Waals surface area contributed by atoms with Gasteiger partial charge in [-0.25, -0.2) is 9.37 Å². The second kappa shape index (κ2) is 9.36. The Hall–Kier alpha value is -3.81. The smallest absolute Gasteiger partial charge is 0.224 e. The van der Waals surface area contributed by atoms with Crippen molar-refractivity contribution in [1.82, 2.24) is 19.7 Å². The molecule has 168 valence electrons. The first-order chi connectivity index (χ1) is 16.2. The average Bonchev–Trinajstić information content (AvgIpc) is 3.39. The molecule has 4 aromatic rings. The third-order valence-electron chi connectivity index (χ3n) is 5.80. The van der Waals surface area contributed by atoms with Crippen LogP contribution in [-0.4, -0.2) is 25.7 Å². The summed E-state index contributed by atoms with van der Waals surface area (Å²) in [6.07, 6.45) is 6.48. The Balaban J connectivity index is 1.18. The minimum atomic E-state index is -0.372. The summed E-state index contributed by atoms with van der Waals surface area (Å²) in [6, 6.07) is 14.0. The number of carbonyl (C=O) groups excluding carboxylic acids is 1. The molecule has 8 heteroatoms. The summed E-state index contributed by atoms with van der Waals surface area (Å²) in [5, 5.41) is 11.6. The van der Waals surface area contributed by atoms with Gasteiger partial charge in [0.25, 0.3) is 0 Å². The van der Waals surface area contributed by atoms with E-state index in [9.17, 15) is 9.18 Å². The lowest BCUT2D eigenvalue weighted by Crippen LogP contribution is -2.12. The van der Waals surface area contributed by atoms with E-state index < -0.39 is 0 Å². The third kappa shape index (κ3) is 4.69. The SMILES string of the molecule is O=C(CCc1ncc(-c2ccccc2F)o1)Nc1ccc(-c2nnc3n2CCCCC3)cc1. The molecule has 2 aromatic carbocycles. The van der Waals surface area contributed by atoms with Crippen molar-refractivity contribution in [1.29, 1.82) is 0 Å². The van der Waals surface area contributed by atoms with Gasteiger partial charge in [-0.3, -0.25) is 4.79 Å². The zero-order chi connectivity index (χ0) is 22.6. The molecule has 0 saturated heterocycles. The molecule has 0 bridgehead atoms. The van der Waals surface area contributed by atoms with Crippen LogP contribution < -0.4 is 5.32 Å². The monoisotopic (exact) mass is 445 g/mol. The molecule has 3 heterocycles. The lowest BCUT2D eigenvalue weighted by atomic mass is 10.2. The van der Waals surface area contributed by atoms with Crippen LogP contribution in [0, 0.1) is 5.82 Å². The predicted molar refractivity (Wildman–Crippen MR) is 122 cm³/mol. The van der Waals surface area contributed by atoms with Crippen LogP contribution in [0.4, 0.5) is 10.1 Å². The van der Waals surface area contributed by atoms with E-state index in [4.69, 9.17) is 4.42 Å². The lowest BCUT2D eigenvalue weighted by molar-refractivity contribution is -0.116. The van der Waals surface area contributed by atoms with Crippen molar-refractivity contribution in [3.63, 3.8) is 0 Å². The summed E-state index contributed by atoms with van der Waals surface area (Å²) < 4.78 is 21.7. The van der Waals surface area contributed by atoms with Crippen molar-refractivity contribution in [2.24, 2.45) is 0 Å². The fourth-order valence-corrected chi connectivity index (χ4v) is 4.06. The summed E-state index contributed by atoms with van der Waals surface area (Å²) in [5.41, 5.74) is 2.04. The van der Waals surface area contributed by atoms with Gasteiger partial charge in [-0.2, -0.15) is 0 Å². The van der Waals surface area contributed by atoms with Gasteiger partial charge in [0.1, 0.15) is 11.6 Å². The highest BCUT2D eigenvalue weighted by Gasteiger charge is 2.16. The third-order valence-corrected chi connectivity index (χ3v) is 5.80. The summed E-state index contributed by atoms with van der Waals surface area (Å²) in [4.78, 5) is 16.6. The predicted octanol–water partition coefficient (Wildman–Crippen LogP) is 5.04. The van der Waals surface area contributed by atoms with E-state index >= 15 is 0 Å². The van der Waals surface area contributed by atoms with Crippen LogP contribution in [0.1, 0.15) is 37.4 Å². The molecular weight excluding hydrogens is 421 g/mol. The summed E-state index contributed by atoms with van der Waals surface area (Å²) in [6.45, 7) is 0.940. The number of rotatable bonds is 6. The Bertz CT molecular complexity index is 1260. The number of benzene rings is 2. The Morgan fingerprint density at radius 2 is 1.91 bits per heavy atom. The van der Waals surface area contributed by atoms with Crippen LogP contribution in [0.25, 0.3) is 22.7 Å². The number of aryl methyl sites for hydroxylation is 2. The zero-order valence-corrected chi connectivity index (χ0v) is 18.1. The van der Waals surface area contributed by atoms with E-state index in [-0.39, 0.29) is 18.1 Å². The van der Waals surface area contributed by atoms with Crippen LogP contribution in [-0.2, 0) is 24.2 Å². The van der Waals surface area contributed by atoms with Gasteiger partial charge in [-0.05, 0) is 49.2 Å². The van der Waals surface area contributed by atoms with E-state index in [1.54, 1.807) is 18.2 Å². The highest BCUT2D eigenvalue weighted by atomic mass is 19.1. The Morgan fingerprint density at radius 3 is 2.76 bits per heavy atom. The molecule has 1 amide bonds. The van der Waals surface area contributed by atoms with Gasteiger partial charge in [0.15, 0.2) is 17.5 Å². The van der Waals surface area contributed by atoms with Crippen molar-refractivity contribution in [2.75, 3.05) is 5.32 Å². The molecular formula is C25H24FN5O2. The maximum Gasteiger partial charge on any atom is 0.224 e. The van der Waals surface area contributed by atoms with Crippen molar-refractivity contribution < 1.29 is 13.6 Å². The number of halogens is 1. The van der Waals surface area contributed by atoms with E-state index in [0.717, 1.165) is 43.0 Å². The molecule has 0 saturated carbocycles. The number of carbonyl (C=O) groups is 1. The number of oxazole rings is 1. The number of hydrogen-bond donors (Lipinski definition) is 1. The van der Waals surface area contributed by atoms with Gasteiger partial charge in [0.2, 0.25) is 5.91 Å². The van der Waals surface area contributed by atoms with Crippen LogP contribution >= 0.6 is 0 Å². The summed E-state index contributed by atoms with van der Waals surface area (Å²) in [7, 11) is 0. The second-order valence-electron chi connectivity index (χ2n) is 8.13. The van der Waals surface area contributed by atoms with E-state index in [0.29, 0.717) is 29.3 Å². The molecule has 1 aliphatic heterocycles. The van der Waals surface area contributed by atoms with Crippen molar-refractivity contribution in [3.8, 4) is 22.7 Å². The molecule has 0 unspecified atom stereocenters. The molecule has 33 heavy (non-hydrogen) atoms. The molecule has 2 aromatic heterocycles. The molecule has 0 atom stereocenters. The number of nitrogens with one attached hydrogen (secondary N) is 1.